The van der Waals surface area contributed by atoms with Crippen molar-refractivity contribution in [3.8, 4) is 0 Å². The van der Waals surface area contributed by atoms with Crippen molar-refractivity contribution in [2.75, 3.05) is 31.1 Å². The maximum Gasteiger partial charge on any atom is 0.256 e. The summed E-state index contributed by atoms with van der Waals surface area (Å²) in [6.07, 6.45) is 2.19. The van der Waals surface area contributed by atoms with Gasteiger partial charge >= 0.3 is 0 Å². The molecule has 3 aromatic carbocycles. The van der Waals surface area contributed by atoms with Crippen LogP contribution in [0.1, 0.15) is 35.3 Å². The van der Waals surface area contributed by atoms with Crippen LogP contribution in [0.5, 0.6) is 0 Å². The van der Waals surface area contributed by atoms with Crippen molar-refractivity contribution >= 4 is 32.5 Å². The van der Waals surface area contributed by atoms with Gasteiger partial charge in [0.05, 0.1) is 10.4 Å². The zero-order chi connectivity index (χ0) is 28.3. The van der Waals surface area contributed by atoms with Gasteiger partial charge in [0.1, 0.15) is 5.56 Å². The number of aromatic nitrogens is 1. The van der Waals surface area contributed by atoms with Gasteiger partial charge in [0.15, 0.2) is 0 Å². The molecular formula is C31H34N4O4S. The number of carbonyl (C=O) groups is 1. The summed E-state index contributed by atoms with van der Waals surface area (Å²) in [5, 5.41) is 3.09. The maximum absolute atomic E-state index is 13.6. The molecule has 0 saturated carbocycles. The third-order valence-electron chi connectivity index (χ3n) is 7.54. The summed E-state index contributed by atoms with van der Waals surface area (Å²) in [6.45, 7) is 6.86. The van der Waals surface area contributed by atoms with Crippen molar-refractivity contribution in [1.82, 2.24) is 14.2 Å². The fourth-order valence-corrected chi connectivity index (χ4v) is 6.74. The molecule has 1 aliphatic rings. The number of aryl methyl sites for hydroxylation is 1. The fourth-order valence-electron chi connectivity index (χ4n) is 5.29. The minimum atomic E-state index is -3.84. The first kappa shape index (κ1) is 27.6. The highest BCUT2D eigenvalue weighted by Gasteiger charge is 2.29. The number of nitrogens with one attached hydrogen (secondary N) is 1. The lowest BCUT2D eigenvalue weighted by molar-refractivity contribution is 0.0953. The van der Waals surface area contributed by atoms with Crippen molar-refractivity contribution in [1.29, 1.82) is 0 Å². The monoisotopic (exact) mass is 558 g/mol. The number of likely N-dealkylation sites (N-methyl/N-ethyl adjacent to an activating group) is 1. The van der Waals surface area contributed by atoms with Crippen LogP contribution >= 0.6 is 0 Å². The van der Waals surface area contributed by atoms with E-state index >= 15 is 0 Å². The maximum atomic E-state index is 13.6. The lowest BCUT2D eigenvalue weighted by Crippen LogP contribution is -2.37. The number of fused-ring (bicyclic) bond motifs is 2. The van der Waals surface area contributed by atoms with Gasteiger partial charge in [-0.1, -0.05) is 42.5 Å². The number of para-hydroxylation sites is 1. The van der Waals surface area contributed by atoms with E-state index < -0.39 is 21.4 Å². The second-order valence-electron chi connectivity index (χ2n) is 9.87. The van der Waals surface area contributed by atoms with Gasteiger partial charge in [0, 0.05) is 56.5 Å². The predicted molar refractivity (Wildman–Crippen MR) is 158 cm³/mol. The van der Waals surface area contributed by atoms with Crippen molar-refractivity contribution in [2.45, 2.75) is 38.3 Å². The number of benzene rings is 3. The largest absolute Gasteiger partial charge is 0.370 e. The van der Waals surface area contributed by atoms with E-state index in [1.54, 1.807) is 18.3 Å². The minimum Gasteiger partial charge on any atom is -0.370 e. The number of pyridine rings is 1. The van der Waals surface area contributed by atoms with Crippen LogP contribution in [0.15, 0.2) is 88.7 Å². The van der Waals surface area contributed by atoms with E-state index in [9.17, 15) is 18.0 Å². The van der Waals surface area contributed by atoms with E-state index in [4.69, 9.17) is 0 Å². The van der Waals surface area contributed by atoms with Crippen molar-refractivity contribution in [2.24, 2.45) is 0 Å². The lowest BCUT2D eigenvalue weighted by Gasteiger charge is -2.28. The molecule has 1 aliphatic heterocycles. The zero-order valence-corrected chi connectivity index (χ0v) is 23.7. The van der Waals surface area contributed by atoms with Gasteiger partial charge in [-0.3, -0.25) is 9.59 Å². The molecule has 0 atom stereocenters. The lowest BCUT2D eigenvalue weighted by atomic mass is 10.0. The molecule has 0 bridgehead atoms. The molecule has 0 spiro atoms. The molecular weight excluding hydrogens is 524 g/mol. The molecule has 0 radical (unpaired) electrons. The number of hydrogen-bond acceptors (Lipinski definition) is 5. The van der Waals surface area contributed by atoms with Crippen LogP contribution in [0.4, 0.5) is 5.69 Å². The first-order valence-corrected chi connectivity index (χ1v) is 15.1. The van der Waals surface area contributed by atoms with Crippen LogP contribution in [-0.2, 0) is 29.5 Å². The van der Waals surface area contributed by atoms with Gasteiger partial charge in [-0.25, -0.2) is 8.42 Å². The Hall–Kier alpha value is -3.95. The highest BCUT2D eigenvalue weighted by Crippen LogP contribution is 2.26. The third kappa shape index (κ3) is 5.39. The Bertz CT molecular complexity index is 1700. The van der Waals surface area contributed by atoms with Crippen LogP contribution in [0, 0.1) is 0 Å². The van der Waals surface area contributed by atoms with E-state index in [2.05, 4.69) is 10.2 Å². The number of sulfonamides is 1. The van der Waals surface area contributed by atoms with Crippen molar-refractivity contribution in [3.05, 3.63) is 106 Å². The number of amides is 1. The second kappa shape index (κ2) is 11.7. The SMILES string of the molecule is CCN(CCNC(=O)c1cn(CC)c2ccc(S(=O)(=O)N3CCc4ccccc4C3)cc2c1=O)c1ccccc1. The summed E-state index contributed by atoms with van der Waals surface area (Å²) in [5.74, 6) is -0.473. The number of nitrogens with zero attached hydrogens (tertiary/aromatic N) is 3. The average Bonchev–Trinajstić information content (AvgIpc) is 2.99. The Morgan fingerprint density at radius 2 is 1.70 bits per heavy atom. The Labute approximate surface area is 234 Å². The van der Waals surface area contributed by atoms with E-state index in [-0.39, 0.29) is 22.4 Å². The van der Waals surface area contributed by atoms with Crippen LogP contribution in [0.3, 0.4) is 0 Å². The Morgan fingerprint density at radius 1 is 0.975 bits per heavy atom. The number of carbonyl (C=O) groups excluding carboxylic acids is 1. The summed E-state index contributed by atoms with van der Waals surface area (Å²) in [6, 6.07) is 22.4. The van der Waals surface area contributed by atoms with E-state index in [1.165, 1.54) is 10.4 Å². The molecule has 0 unspecified atom stereocenters. The van der Waals surface area contributed by atoms with Gasteiger partial charge in [-0.05, 0) is 61.7 Å². The number of rotatable bonds is 9. The third-order valence-corrected chi connectivity index (χ3v) is 9.38. The summed E-state index contributed by atoms with van der Waals surface area (Å²) in [5.41, 5.74) is 3.31. The van der Waals surface area contributed by atoms with Crippen molar-refractivity contribution < 1.29 is 13.2 Å². The summed E-state index contributed by atoms with van der Waals surface area (Å²) < 4.78 is 30.5. The van der Waals surface area contributed by atoms with Gasteiger partial charge in [-0.15, -0.1) is 0 Å². The molecule has 2 heterocycles. The zero-order valence-electron chi connectivity index (χ0n) is 22.8. The molecule has 0 saturated heterocycles. The standard InChI is InChI=1S/C31H34N4O4S/c1-3-33(25-12-6-5-7-13-25)19-17-32-31(37)28-22-34(4-2)29-15-14-26(20-27(29)30(28)36)40(38,39)35-18-16-23-10-8-9-11-24(23)21-35/h5-15,20,22H,3-4,16-19,21H2,1-2H3,(H,32,37). The smallest absolute Gasteiger partial charge is 0.256 e. The highest BCUT2D eigenvalue weighted by molar-refractivity contribution is 7.89. The highest BCUT2D eigenvalue weighted by atomic mass is 32.2. The Balaban J connectivity index is 1.41. The second-order valence-corrected chi connectivity index (χ2v) is 11.8. The van der Waals surface area contributed by atoms with Crippen LogP contribution in [-0.4, -0.2) is 49.4 Å². The molecule has 1 aromatic heterocycles. The summed E-state index contributed by atoms with van der Waals surface area (Å²) >= 11 is 0. The Kier molecular flexibility index (Phi) is 8.04. The Morgan fingerprint density at radius 3 is 2.42 bits per heavy atom. The van der Waals surface area contributed by atoms with Gasteiger partial charge < -0.3 is 14.8 Å². The van der Waals surface area contributed by atoms with E-state index in [0.29, 0.717) is 38.1 Å². The summed E-state index contributed by atoms with van der Waals surface area (Å²) in [4.78, 5) is 28.9. The molecule has 1 amide bonds. The first-order valence-electron chi connectivity index (χ1n) is 13.7. The molecule has 8 nitrogen and oxygen atoms in total. The normalized spacial score (nSPS) is 13.7. The van der Waals surface area contributed by atoms with Gasteiger partial charge in [-0.2, -0.15) is 4.31 Å². The van der Waals surface area contributed by atoms with E-state index in [0.717, 1.165) is 23.4 Å². The van der Waals surface area contributed by atoms with E-state index in [1.807, 2.05) is 73.0 Å². The molecule has 5 rings (SSSR count). The molecule has 1 N–H and O–H groups in total. The minimum absolute atomic E-state index is 0.00134. The summed E-state index contributed by atoms with van der Waals surface area (Å²) in [7, 11) is -3.84. The van der Waals surface area contributed by atoms with Gasteiger partial charge in [0.2, 0.25) is 15.5 Å². The molecule has 0 aliphatic carbocycles. The van der Waals surface area contributed by atoms with Crippen LogP contribution < -0.4 is 15.6 Å². The number of anilines is 1. The molecule has 9 heteroatoms. The molecule has 4 aromatic rings. The molecule has 40 heavy (non-hydrogen) atoms. The van der Waals surface area contributed by atoms with Crippen LogP contribution in [0.25, 0.3) is 10.9 Å². The number of hydrogen-bond donors (Lipinski definition) is 1. The van der Waals surface area contributed by atoms with Crippen LogP contribution in [0.2, 0.25) is 0 Å². The molecule has 208 valence electrons. The predicted octanol–water partition coefficient (Wildman–Crippen LogP) is 4.02. The quantitative estimate of drug-likeness (QED) is 0.335. The van der Waals surface area contributed by atoms with Gasteiger partial charge in [0.25, 0.3) is 5.91 Å². The average molecular weight is 559 g/mol. The topological polar surface area (TPSA) is 91.7 Å². The van der Waals surface area contributed by atoms with Crippen molar-refractivity contribution in [3.63, 3.8) is 0 Å². The fraction of sp³-hybridized carbons (Fsp3) is 0.290. The molecule has 0 fully saturated rings. The first-order chi connectivity index (χ1) is 19.3.